The van der Waals surface area contributed by atoms with E-state index in [0.717, 1.165) is 0 Å². The molecule has 96 valence electrons. The van der Waals surface area contributed by atoms with E-state index in [1.807, 2.05) is 0 Å². The van der Waals surface area contributed by atoms with Gasteiger partial charge in [0.1, 0.15) is 0 Å². The van der Waals surface area contributed by atoms with Crippen LogP contribution in [0.15, 0.2) is 18.2 Å². The Morgan fingerprint density at radius 1 is 1.41 bits per heavy atom. The standard InChI is InChI=1S/C12H18FNO3/c1-2-17-12-4-3-9(7-11(12)13)14-10(8-16)5-6-15/h3-4,7,10,14-16H,2,5-6,8H2,1H3. The molecule has 3 N–H and O–H groups in total. The topological polar surface area (TPSA) is 61.7 Å². The molecule has 0 aromatic heterocycles. The van der Waals surface area contributed by atoms with Gasteiger partial charge < -0.3 is 20.3 Å². The van der Waals surface area contributed by atoms with Crippen molar-refractivity contribution in [3.05, 3.63) is 24.0 Å². The largest absolute Gasteiger partial charge is 0.491 e. The van der Waals surface area contributed by atoms with Crippen LogP contribution in [0.25, 0.3) is 0 Å². The lowest BCUT2D eigenvalue weighted by Crippen LogP contribution is -2.24. The highest BCUT2D eigenvalue weighted by Crippen LogP contribution is 2.21. The van der Waals surface area contributed by atoms with Crippen molar-refractivity contribution in [2.24, 2.45) is 0 Å². The van der Waals surface area contributed by atoms with Gasteiger partial charge in [-0.2, -0.15) is 0 Å². The van der Waals surface area contributed by atoms with Crippen molar-refractivity contribution >= 4 is 5.69 Å². The molecule has 1 atom stereocenters. The SMILES string of the molecule is CCOc1ccc(NC(CO)CCO)cc1F. The summed E-state index contributed by atoms with van der Waals surface area (Å²) in [5, 5.41) is 20.7. The Hall–Kier alpha value is -1.33. The minimum Gasteiger partial charge on any atom is -0.491 e. The van der Waals surface area contributed by atoms with Crippen molar-refractivity contribution in [2.75, 3.05) is 25.1 Å². The van der Waals surface area contributed by atoms with E-state index in [9.17, 15) is 4.39 Å². The van der Waals surface area contributed by atoms with Crippen molar-refractivity contribution in [3.8, 4) is 5.75 Å². The zero-order chi connectivity index (χ0) is 12.7. The van der Waals surface area contributed by atoms with E-state index in [1.165, 1.54) is 12.1 Å². The van der Waals surface area contributed by atoms with Crippen LogP contribution in [-0.4, -0.2) is 36.1 Å². The number of nitrogens with one attached hydrogen (secondary N) is 1. The van der Waals surface area contributed by atoms with Crippen molar-refractivity contribution in [2.45, 2.75) is 19.4 Å². The fourth-order valence-corrected chi connectivity index (χ4v) is 1.46. The molecule has 5 heteroatoms. The van der Waals surface area contributed by atoms with E-state index in [1.54, 1.807) is 13.0 Å². The van der Waals surface area contributed by atoms with Crippen LogP contribution < -0.4 is 10.1 Å². The van der Waals surface area contributed by atoms with Crippen LogP contribution in [0.5, 0.6) is 5.75 Å². The summed E-state index contributed by atoms with van der Waals surface area (Å²) < 4.78 is 18.6. The molecule has 0 saturated carbocycles. The minimum atomic E-state index is -0.447. The quantitative estimate of drug-likeness (QED) is 0.677. The fraction of sp³-hybridized carbons (Fsp3) is 0.500. The van der Waals surface area contributed by atoms with Gasteiger partial charge in [0.25, 0.3) is 0 Å². The molecule has 0 aliphatic heterocycles. The van der Waals surface area contributed by atoms with Crippen LogP contribution >= 0.6 is 0 Å². The molecule has 1 aromatic carbocycles. The number of rotatable bonds is 7. The second-order valence-corrected chi connectivity index (χ2v) is 3.61. The van der Waals surface area contributed by atoms with Crippen LogP contribution in [0.3, 0.4) is 0 Å². The van der Waals surface area contributed by atoms with Crippen LogP contribution in [-0.2, 0) is 0 Å². The van der Waals surface area contributed by atoms with Gasteiger partial charge in [0.05, 0.1) is 19.3 Å². The molecule has 0 fully saturated rings. The first-order valence-electron chi connectivity index (χ1n) is 5.61. The van der Waals surface area contributed by atoms with Gasteiger partial charge in [-0.1, -0.05) is 0 Å². The summed E-state index contributed by atoms with van der Waals surface area (Å²) in [6, 6.07) is 4.24. The third-order valence-corrected chi connectivity index (χ3v) is 2.30. The summed E-state index contributed by atoms with van der Waals surface area (Å²) in [6.07, 6.45) is 0.408. The van der Waals surface area contributed by atoms with Crippen molar-refractivity contribution in [1.29, 1.82) is 0 Å². The van der Waals surface area contributed by atoms with Crippen LogP contribution in [0, 0.1) is 5.82 Å². The average Bonchev–Trinajstić information content (AvgIpc) is 2.32. The van der Waals surface area contributed by atoms with Crippen molar-refractivity contribution in [3.63, 3.8) is 0 Å². The molecule has 1 aromatic rings. The number of hydrogen-bond acceptors (Lipinski definition) is 4. The molecule has 4 nitrogen and oxygen atoms in total. The Labute approximate surface area is 100 Å². The predicted molar refractivity (Wildman–Crippen MR) is 63.8 cm³/mol. The predicted octanol–water partition coefficient (Wildman–Crippen LogP) is 1.38. The average molecular weight is 243 g/mol. The minimum absolute atomic E-state index is 0.0300. The molecule has 17 heavy (non-hydrogen) atoms. The number of hydrogen-bond donors (Lipinski definition) is 3. The number of anilines is 1. The van der Waals surface area contributed by atoms with Crippen molar-refractivity contribution in [1.82, 2.24) is 0 Å². The maximum Gasteiger partial charge on any atom is 0.167 e. The van der Waals surface area contributed by atoms with E-state index in [-0.39, 0.29) is 25.0 Å². The number of aliphatic hydroxyl groups excluding tert-OH is 2. The van der Waals surface area contributed by atoms with Gasteiger partial charge in [0.15, 0.2) is 11.6 Å². The Balaban J connectivity index is 2.68. The Bertz CT molecular complexity index is 347. The molecule has 0 aliphatic rings. The number of aliphatic hydroxyl groups is 2. The third kappa shape index (κ3) is 4.20. The molecule has 0 amide bonds. The highest BCUT2D eigenvalue weighted by molar-refractivity contribution is 5.48. The summed E-state index contributed by atoms with van der Waals surface area (Å²) in [5.41, 5.74) is 0.554. The lowest BCUT2D eigenvalue weighted by molar-refractivity contribution is 0.229. The first kappa shape index (κ1) is 13.7. The lowest BCUT2D eigenvalue weighted by atomic mass is 10.2. The van der Waals surface area contributed by atoms with Crippen LogP contribution in [0.1, 0.15) is 13.3 Å². The second kappa shape index (κ2) is 7.09. The second-order valence-electron chi connectivity index (χ2n) is 3.61. The molecular weight excluding hydrogens is 225 g/mol. The number of ether oxygens (including phenoxy) is 1. The zero-order valence-electron chi connectivity index (χ0n) is 9.82. The molecule has 0 spiro atoms. The van der Waals surface area contributed by atoms with E-state index in [2.05, 4.69) is 5.32 Å². The van der Waals surface area contributed by atoms with Gasteiger partial charge in [0, 0.05) is 18.4 Å². The van der Waals surface area contributed by atoms with E-state index in [4.69, 9.17) is 14.9 Å². The van der Waals surface area contributed by atoms with Gasteiger partial charge in [0.2, 0.25) is 0 Å². The molecule has 1 rings (SSSR count). The molecule has 0 heterocycles. The third-order valence-electron chi connectivity index (χ3n) is 2.30. The normalized spacial score (nSPS) is 12.2. The molecule has 0 bridgehead atoms. The zero-order valence-corrected chi connectivity index (χ0v) is 9.82. The highest BCUT2D eigenvalue weighted by atomic mass is 19.1. The Kier molecular flexibility index (Phi) is 5.72. The van der Waals surface area contributed by atoms with Gasteiger partial charge in [-0.25, -0.2) is 4.39 Å². The monoisotopic (exact) mass is 243 g/mol. The van der Waals surface area contributed by atoms with E-state index in [0.29, 0.717) is 18.7 Å². The highest BCUT2D eigenvalue weighted by Gasteiger charge is 2.09. The summed E-state index contributed by atoms with van der Waals surface area (Å²) in [7, 11) is 0. The summed E-state index contributed by atoms with van der Waals surface area (Å²) >= 11 is 0. The number of benzene rings is 1. The van der Waals surface area contributed by atoms with E-state index < -0.39 is 5.82 Å². The fourth-order valence-electron chi connectivity index (χ4n) is 1.46. The molecule has 0 saturated heterocycles. The Morgan fingerprint density at radius 3 is 2.71 bits per heavy atom. The first-order valence-corrected chi connectivity index (χ1v) is 5.61. The van der Waals surface area contributed by atoms with Gasteiger partial charge in [-0.15, -0.1) is 0 Å². The number of halogens is 1. The maximum atomic E-state index is 13.5. The lowest BCUT2D eigenvalue weighted by Gasteiger charge is -2.17. The van der Waals surface area contributed by atoms with Gasteiger partial charge in [-0.3, -0.25) is 0 Å². The smallest absolute Gasteiger partial charge is 0.167 e. The Morgan fingerprint density at radius 2 is 2.18 bits per heavy atom. The van der Waals surface area contributed by atoms with E-state index >= 15 is 0 Å². The molecule has 1 unspecified atom stereocenters. The van der Waals surface area contributed by atoms with Gasteiger partial charge >= 0.3 is 0 Å². The van der Waals surface area contributed by atoms with Crippen LogP contribution in [0.4, 0.5) is 10.1 Å². The molecular formula is C12H18FNO3. The maximum absolute atomic E-state index is 13.5. The summed E-state index contributed by atoms with van der Waals surface area (Å²) in [6.45, 7) is 2.05. The van der Waals surface area contributed by atoms with Crippen LogP contribution in [0.2, 0.25) is 0 Å². The molecule has 0 aliphatic carbocycles. The van der Waals surface area contributed by atoms with Gasteiger partial charge in [-0.05, 0) is 25.5 Å². The molecule has 0 radical (unpaired) electrons. The summed E-state index contributed by atoms with van der Waals surface area (Å²) in [5.74, 6) is -0.238. The summed E-state index contributed by atoms with van der Waals surface area (Å²) in [4.78, 5) is 0. The first-order chi connectivity index (χ1) is 8.21. The van der Waals surface area contributed by atoms with Crippen molar-refractivity contribution < 1.29 is 19.3 Å².